The second kappa shape index (κ2) is 5.02. The lowest BCUT2D eigenvalue weighted by Crippen LogP contribution is -2.28. The van der Waals surface area contributed by atoms with Gasteiger partial charge >= 0.3 is 0 Å². The standard InChI is InChI=1S/C15H23NO3S/c1-5-20(18,19)7-6-16-11(2)8-12-13(16)9-15(3,4)10-14(12)17/h8H,5-7,9-10H2,1-4H3. The molecule has 112 valence electrons. The molecule has 0 aliphatic heterocycles. The summed E-state index contributed by atoms with van der Waals surface area (Å²) in [6, 6.07) is 1.91. The highest BCUT2D eigenvalue weighted by molar-refractivity contribution is 7.91. The van der Waals surface area contributed by atoms with E-state index < -0.39 is 9.84 Å². The van der Waals surface area contributed by atoms with Crippen LogP contribution in [0.15, 0.2) is 6.07 Å². The topological polar surface area (TPSA) is 56.1 Å². The Morgan fingerprint density at radius 3 is 2.55 bits per heavy atom. The first-order valence-corrected chi connectivity index (χ1v) is 8.90. The molecule has 1 aromatic rings. The van der Waals surface area contributed by atoms with Crippen LogP contribution in [0, 0.1) is 12.3 Å². The summed E-state index contributed by atoms with van der Waals surface area (Å²) in [5.74, 6) is 0.483. The van der Waals surface area contributed by atoms with Crippen molar-refractivity contribution in [3.05, 3.63) is 23.0 Å². The summed E-state index contributed by atoms with van der Waals surface area (Å²) in [5.41, 5.74) is 2.73. The minimum absolute atomic E-state index is 0.0454. The molecule has 0 bridgehead atoms. The van der Waals surface area contributed by atoms with Crippen molar-refractivity contribution in [2.45, 2.75) is 47.1 Å². The van der Waals surface area contributed by atoms with Gasteiger partial charge in [-0.3, -0.25) is 4.79 Å². The molecular formula is C15H23NO3S. The van der Waals surface area contributed by atoms with Crippen molar-refractivity contribution < 1.29 is 13.2 Å². The predicted molar refractivity (Wildman–Crippen MR) is 79.9 cm³/mol. The molecule has 0 N–H and O–H groups in total. The second-order valence-corrected chi connectivity index (χ2v) is 8.95. The molecule has 0 atom stereocenters. The quantitative estimate of drug-likeness (QED) is 0.857. The van der Waals surface area contributed by atoms with E-state index >= 15 is 0 Å². The summed E-state index contributed by atoms with van der Waals surface area (Å²) < 4.78 is 25.4. The van der Waals surface area contributed by atoms with Crippen molar-refractivity contribution in [1.29, 1.82) is 0 Å². The van der Waals surface area contributed by atoms with E-state index in [1.54, 1.807) is 6.92 Å². The average molecular weight is 297 g/mol. The Labute approximate surface area is 121 Å². The summed E-state index contributed by atoms with van der Waals surface area (Å²) in [4.78, 5) is 12.2. The third-order valence-electron chi connectivity index (χ3n) is 4.07. The van der Waals surface area contributed by atoms with Crippen molar-refractivity contribution in [2.75, 3.05) is 11.5 Å². The van der Waals surface area contributed by atoms with Gasteiger partial charge in [-0.1, -0.05) is 20.8 Å². The van der Waals surface area contributed by atoms with E-state index in [0.717, 1.165) is 23.4 Å². The van der Waals surface area contributed by atoms with Gasteiger partial charge in [0.25, 0.3) is 0 Å². The van der Waals surface area contributed by atoms with Crippen LogP contribution in [0.2, 0.25) is 0 Å². The van der Waals surface area contributed by atoms with Gasteiger partial charge < -0.3 is 4.57 Å². The van der Waals surface area contributed by atoms with Gasteiger partial charge in [0.05, 0.1) is 5.75 Å². The number of carbonyl (C=O) groups is 1. The van der Waals surface area contributed by atoms with Crippen LogP contribution >= 0.6 is 0 Å². The molecule has 1 heterocycles. The van der Waals surface area contributed by atoms with E-state index in [9.17, 15) is 13.2 Å². The molecular weight excluding hydrogens is 274 g/mol. The summed E-state index contributed by atoms with van der Waals surface area (Å²) in [6.45, 7) is 8.23. The molecule has 0 radical (unpaired) electrons. The summed E-state index contributed by atoms with van der Waals surface area (Å²) >= 11 is 0. The number of hydrogen-bond acceptors (Lipinski definition) is 3. The number of Topliss-reactive ketones (excluding diaryl/α,β-unsaturated/α-hetero) is 1. The van der Waals surface area contributed by atoms with Crippen LogP contribution in [-0.2, 0) is 22.8 Å². The highest BCUT2D eigenvalue weighted by Gasteiger charge is 2.33. The zero-order valence-electron chi connectivity index (χ0n) is 12.7. The van der Waals surface area contributed by atoms with E-state index in [4.69, 9.17) is 0 Å². The molecule has 1 aliphatic rings. The smallest absolute Gasteiger partial charge is 0.165 e. The Bertz CT molecular complexity index is 638. The van der Waals surface area contributed by atoms with Crippen LogP contribution < -0.4 is 0 Å². The lowest BCUT2D eigenvalue weighted by molar-refractivity contribution is 0.0910. The molecule has 5 heteroatoms. The van der Waals surface area contributed by atoms with E-state index in [0.29, 0.717) is 13.0 Å². The van der Waals surface area contributed by atoms with Crippen molar-refractivity contribution >= 4 is 15.6 Å². The number of hydrogen-bond donors (Lipinski definition) is 0. The minimum atomic E-state index is -2.99. The van der Waals surface area contributed by atoms with Gasteiger partial charge in [0.2, 0.25) is 0 Å². The molecule has 0 unspecified atom stereocenters. The fourth-order valence-electron chi connectivity index (χ4n) is 2.89. The van der Waals surface area contributed by atoms with Gasteiger partial charge in [0.15, 0.2) is 15.6 Å². The summed E-state index contributed by atoms with van der Waals surface area (Å²) in [7, 11) is -2.99. The number of sulfone groups is 1. The second-order valence-electron chi connectivity index (χ2n) is 6.48. The van der Waals surface area contributed by atoms with E-state index in [-0.39, 0.29) is 22.7 Å². The Morgan fingerprint density at radius 1 is 1.30 bits per heavy atom. The number of fused-ring (bicyclic) bond motifs is 1. The minimum Gasteiger partial charge on any atom is -0.347 e. The highest BCUT2D eigenvalue weighted by atomic mass is 32.2. The lowest BCUT2D eigenvalue weighted by Gasteiger charge is -2.29. The summed E-state index contributed by atoms with van der Waals surface area (Å²) in [6.07, 6.45) is 1.39. The fourth-order valence-corrected chi connectivity index (χ4v) is 3.64. The monoisotopic (exact) mass is 297 g/mol. The molecule has 2 rings (SSSR count). The first-order chi connectivity index (χ1) is 9.15. The first-order valence-electron chi connectivity index (χ1n) is 7.08. The molecule has 0 spiro atoms. The van der Waals surface area contributed by atoms with Gasteiger partial charge in [-0.05, 0) is 24.8 Å². The third-order valence-corrected chi connectivity index (χ3v) is 5.75. The molecule has 0 saturated carbocycles. The number of nitrogens with zero attached hydrogens (tertiary/aromatic N) is 1. The SMILES string of the molecule is CCS(=O)(=O)CCn1c(C)cc2c1CC(C)(C)CC2=O. The van der Waals surface area contributed by atoms with Crippen LogP contribution in [0.5, 0.6) is 0 Å². The zero-order chi connectivity index (χ0) is 15.1. The van der Waals surface area contributed by atoms with Crippen LogP contribution in [0.25, 0.3) is 0 Å². The fraction of sp³-hybridized carbons (Fsp3) is 0.667. The molecule has 0 fully saturated rings. The molecule has 1 aliphatic carbocycles. The van der Waals surface area contributed by atoms with Crippen molar-refractivity contribution in [1.82, 2.24) is 4.57 Å². The molecule has 4 nitrogen and oxygen atoms in total. The average Bonchev–Trinajstić information content (AvgIpc) is 2.62. The van der Waals surface area contributed by atoms with Gasteiger partial charge in [-0.15, -0.1) is 0 Å². The Kier molecular flexibility index (Phi) is 3.84. The van der Waals surface area contributed by atoms with Gasteiger partial charge in [-0.2, -0.15) is 0 Å². The Balaban J connectivity index is 2.34. The predicted octanol–water partition coefficient (Wildman–Crippen LogP) is 2.39. The van der Waals surface area contributed by atoms with E-state index in [1.165, 1.54) is 0 Å². The maximum atomic E-state index is 12.2. The number of aromatic nitrogens is 1. The number of rotatable bonds is 4. The normalized spacial score (nSPS) is 18.1. The largest absolute Gasteiger partial charge is 0.347 e. The first kappa shape index (κ1) is 15.3. The van der Waals surface area contributed by atoms with Crippen LogP contribution in [0.4, 0.5) is 0 Å². The highest BCUT2D eigenvalue weighted by Crippen LogP contribution is 2.36. The number of ketones is 1. The molecule has 0 saturated heterocycles. The van der Waals surface area contributed by atoms with Crippen LogP contribution in [-0.4, -0.2) is 30.3 Å². The molecule has 0 amide bonds. The van der Waals surface area contributed by atoms with Gasteiger partial charge in [0.1, 0.15) is 0 Å². The number of aryl methyl sites for hydroxylation is 1. The maximum absolute atomic E-state index is 12.2. The van der Waals surface area contributed by atoms with E-state index in [1.807, 2.05) is 17.6 Å². The number of carbonyl (C=O) groups excluding carboxylic acids is 1. The lowest BCUT2D eigenvalue weighted by atomic mass is 9.76. The molecule has 0 aromatic carbocycles. The van der Waals surface area contributed by atoms with Crippen molar-refractivity contribution in [2.24, 2.45) is 5.41 Å². The van der Waals surface area contributed by atoms with Crippen molar-refractivity contribution in [3.63, 3.8) is 0 Å². The maximum Gasteiger partial charge on any atom is 0.165 e. The Morgan fingerprint density at radius 2 is 1.95 bits per heavy atom. The van der Waals surface area contributed by atoms with Crippen molar-refractivity contribution in [3.8, 4) is 0 Å². The van der Waals surface area contributed by atoms with Gasteiger partial charge in [0, 0.05) is 35.7 Å². The molecule has 20 heavy (non-hydrogen) atoms. The van der Waals surface area contributed by atoms with E-state index in [2.05, 4.69) is 13.8 Å². The molecule has 1 aromatic heterocycles. The van der Waals surface area contributed by atoms with Crippen LogP contribution in [0.1, 0.15) is 48.9 Å². The Hall–Kier alpha value is -1.10. The van der Waals surface area contributed by atoms with Gasteiger partial charge in [-0.25, -0.2) is 8.42 Å². The summed E-state index contributed by atoms with van der Waals surface area (Å²) in [5, 5.41) is 0. The zero-order valence-corrected chi connectivity index (χ0v) is 13.5. The van der Waals surface area contributed by atoms with Crippen LogP contribution in [0.3, 0.4) is 0 Å². The third kappa shape index (κ3) is 2.97.